The number of ether oxygens (including phenoxy) is 2. The molecule has 0 radical (unpaired) electrons. The lowest BCUT2D eigenvalue weighted by Gasteiger charge is -2.44. The van der Waals surface area contributed by atoms with Crippen LogP contribution in [0, 0.1) is 0 Å². The molecule has 2 nitrogen and oxygen atoms in total. The summed E-state index contributed by atoms with van der Waals surface area (Å²) in [5.74, 6) is -60.4. The Labute approximate surface area is 324 Å². The molecule has 1 aliphatic rings. The Morgan fingerprint density at radius 1 is 0.500 bits per heavy atom. The van der Waals surface area contributed by atoms with Gasteiger partial charge in [-0.15, -0.1) is 0 Å². The summed E-state index contributed by atoms with van der Waals surface area (Å²) in [6, 6.07) is 12.1. The summed E-state index contributed by atoms with van der Waals surface area (Å²) in [6.45, 7) is 4.40. The van der Waals surface area contributed by atoms with Gasteiger partial charge in [0.25, 0.3) is 0 Å². The Kier molecular flexibility index (Phi) is 15.4. The lowest BCUT2D eigenvalue weighted by molar-refractivity contribution is -0.462. The maximum absolute atomic E-state index is 15.6. The minimum Gasteiger partial charge on any atom is -0.349 e. The first-order valence-electron chi connectivity index (χ1n) is 18.8. The number of fused-ring (bicyclic) bond motifs is 3. The second-order valence-corrected chi connectivity index (χ2v) is 14.5. The maximum Gasteiger partial charge on any atom is 0.460 e. The van der Waals surface area contributed by atoms with Crippen LogP contribution in [0.2, 0.25) is 0 Å². The fourth-order valence-corrected chi connectivity index (χ4v) is 7.05. The molecule has 2 aromatic rings. The lowest BCUT2D eigenvalue weighted by Crippen LogP contribution is -2.74. The SMILES string of the molecule is CCCCCCCCC(c1cccc2c1Cc1ccccc1-2)C(CCC(F)(F)C(F)(F)C(F)(F)C(F)(F)C(F)(F)C(F)(F)C(F)(F)C(F)(F)F)(OCCC)OCCC. The summed E-state index contributed by atoms with van der Waals surface area (Å²) in [7, 11) is 0. The summed E-state index contributed by atoms with van der Waals surface area (Å²) >= 11 is 0. The first-order chi connectivity index (χ1) is 26.6. The zero-order valence-corrected chi connectivity index (χ0v) is 31.8. The van der Waals surface area contributed by atoms with Crippen molar-refractivity contribution >= 4 is 0 Å². The van der Waals surface area contributed by atoms with E-state index in [4.69, 9.17) is 9.47 Å². The molecule has 0 fully saturated rings. The van der Waals surface area contributed by atoms with Crippen LogP contribution in [0.4, 0.5) is 74.6 Å². The third-order valence-electron chi connectivity index (χ3n) is 10.3. The molecule has 2 aromatic carbocycles. The summed E-state index contributed by atoms with van der Waals surface area (Å²) in [6.07, 6.45) is -7.19. The van der Waals surface area contributed by atoms with Crippen LogP contribution in [-0.2, 0) is 15.9 Å². The normalized spacial score (nSPS) is 15.4. The zero-order chi connectivity index (χ0) is 44.2. The van der Waals surface area contributed by atoms with E-state index in [0.717, 1.165) is 30.4 Å². The van der Waals surface area contributed by atoms with E-state index >= 15 is 17.6 Å². The first-order valence-corrected chi connectivity index (χ1v) is 18.8. The van der Waals surface area contributed by atoms with E-state index in [0.29, 0.717) is 36.0 Å². The highest BCUT2D eigenvalue weighted by Crippen LogP contribution is 2.64. The Hall–Kier alpha value is -2.83. The van der Waals surface area contributed by atoms with Gasteiger partial charge in [0.05, 0.1) is 0 Å². The summed E-state index contributed by atoms with van der Waals surface area (Å²) < 4.78 is 253. The van der Waals surface area contributed by atoms with Crippen LogP contribution >= 0.6 is 0 Å². The smallest absolute Gasteiger partial charge is 0.349 e. The molecule has 0 aromatic heterocycles. The van der Waals surface area contributed by atoms with Crippen LogP contribution in [0.5, 0.6) is 0 Å². The predicted octanol–water partition coefficient (Wildman–Crippen LogP) is 14.4. The molecule has 19 heteroatoms. The third-order valence-corrected chi connectivity index (χ3v) is 10.3. The molecule has 0 bridgehead atoms. The number of unbranched alkanes of at least 4 members (excludes halogenated alkanes) is 5. The van der Waals surface area contributed by atoms with E-state index < -0.39 is 72.2 Å². The van der Waals surface area contributed by atoms with Gasteiger partial charge in [0.15, 0.2) is 5.79 Å². The van der Waals surface area contributed by atoms with Gasteiger partial charge in [-0.3, -0.25) is 0 Å². The number of hydrogen-bond donors (Lipinski definition) is 0. The zero-order valence-electron chi connectivity index (χ0n) is 31.8. The quantitative estimate of drug-likeness (QED) is 0.0507. The van der Waals surface area contributed by atoms with Crippen molar-refractivity contribution in [1.29, 1.82) is 0 Å². The highest BCUT2D eigenvalue weighted by Gasteiger charge is 2.95. The Morgan fingerprint density at radius 2 is 0.983 bits per heavy atom. The van der Waals surface area contributed by atoms with Crippen molar-refractivity contribution in [3.63, 3.8) is 0 Å². The average molecular weight is 869 g/mol. The molecular weight excluding hydrogens is 823 g/mol. The molecule has 1 atom stereocenters. The van der Waals surface area contributed by atoms with Gasteiger partial charge in [-0.25, -0.2) is 0 Å². The Balaban J connectivity index is 2.16. The van der Waals surface area contributed by atoms with E-state index in [2.05, 4.69) is 0 Å². The van der Waals surface area contributed by atoms with Crippen LogP contribution in [0.1, 0.15) is 114 Å². The molecule has 0 spiro atoms. The summed E-state index contributed by atoms with van der Waals surface area (Å²) in [5, 5.41) is 0. The predicted molar refractivity (Wildman–Crippen MR) is 181 cm³/mol. The van der Waals surface area contributed by atoms with Gasteiger partial charge < -0.3 is 9.47 Å². The minimum atomic E-state index is -8.69. The van der Waals surface area contributed by atoms with Crippen molar-refractivity contribution in [2.75, 3.05) is 13.2 Å². The Bertz CT molecular complexity index is 1630. The number of hydrogen-bond acceptors (Lipinski definition) is 2. The topological polar surface area (TPSA) is 18.5 Å². The van der Waals surface area contributed by atoms with Gasteiger partial charge in [0, 0.05) is 32.0 Å². The molecule has 0 heterocycles. The van der Waals surface area contributed by atoms with Gasteiger partial charge in [0.1, 0.15) is 0 Å². The van der Waals surface area contributed by atoms with Crippen LogP contribution < -0.4 is 0 Å². The molecule has 1 unspecified atom stereocenters. The van der Waals surface area contributed by atoms with Crippen molar-refractivity contribution in [3.05, 3.63) is 59.2 Å². The average Bonchev–Trinajstić information content (AvgIpc) is 3.53. The molecule has 0 saturated carbocycles. The number of alkyl halides is 17. The highest BCUT2D eigenvalue weighted by molar-refractivity contribution is 5.78. The first kappa shape index (κ1) is 49.5. The van der Waals surface area contributed by atoms with Crippen molar-refractivity contribution in [2.45, 2.75) is 157 Å². The number of rotatable bonds is 24. The van der Waals surface area contributed by atoms with Gasteiger partial charge >= 0.3 is 47.6 Å². The molecule has 0 N–H and O–H groups in total. The largest absolute Gasteiger partial charge is 0.460 e. The monoisotopic (exact) mass is 868 g/mol. The molecule has 0 saturated heterocycles. The summed E-state index contributed by atoms with van der Waals surface area (Å²) in [4.78, 5) is 0. The molecule has 1 aliphatic carbocycles. The van der Waals surface area contributed by atoms with E-state index in [-0.39, 0.29) is 38.9 Å². The fraction of sp³-hybridized carbons (Fsp3) is 0.692. The molecular formula is C39H45F17O2. The highest BCUT2D eigenvalue weighted by atomic mass is 19.4. The van der Waals surface area contributed by atoms with E-state index in [1.165, 1.54) is 0 Å². The van der Waals surface area contributed by atoms with Crippen LogP contribution in [-0.4, -0.2) is 66.6 Å². The molecule has 0 amide bonds. The molecule has 58 heavy (non-hydrogen) atoms. The van der Waals surface area contributed by atoms with Gasteiger partial charge in [-0.2, -0.15) is 74.6 Å². The Morgan fingerprint density at radius 3 is 1.52 bits per heavy atom. The second-order valence-electron chi connectivity index (χ2n) is 14.5. The van der Waals surface area contributed by atoms with Gasteiger partial charge in [-0.05, 0) is 53.5 Å². The van der Waals surface area contributed by atoms with E-state index in [1.807, 2.05) is 19.1 Å². The fourth-order valence-electron chi connectivity index (χ4n) is 7.05. The van der Waals surface area contributed by atoms with Crippen molar-refractivity contribution in [3.8, 4) is 11.1 Å². The number of benzene rings is 2. The minimum absolute atomic E-state index is 0.0390. The molecule has 0 aliphatic heterocycles. The lowest BCUT2D eigenvalue weighted by atomic mass is 9.78. The van der Waals surface area contributed by atoms with Gasteiger partial charge in [0.2, 0.25) is 0 Å². The van der Waals surface area contributed by atoms with Gasteiger partial charge in [-0.1, -0.05) is 102 Å². The second kappa shape index (κ2) is 18.0. The third kappa shape index (κ3) is 8.81. The summed E-state index contributed by atoms with van der Waals surface area (Å²) in [5.41, 5.74) is 3.41. The molecule has 332 valence electrons. The van der Waals surface area contributed by atoms with Crippen molar-refractivity contribution in [1.82, 2.24) is 0 Å². The number of halogens is 17. The van der Waals surface area contributed by atoms with E-state index in [1.54, 1.807) is 44.2 Å². The van der Waals surface area contributed by atoms with Crippen LogP contribution in [0.25, 0.3) is 11.1 Å². The molecule has 3 rings (SSSR count). The van der Waals surface area contributed by atoms with Crippen LogP contribution in [0.3, 0.4) is 0 Å². The standard InChI is InChI=1S/C39H45F17O2/c1-4-7-8-9-10-11-19-30(28-18-14-17-27-26-16-13-12-15-25(26)24-29(27)28)31(57-22-5-2,58-23-6-3)20-21-32(40,41)33(42,43)34(44,45)35(46,47)36(48,49)37(50,51)38(52,53)39(54,55)56/h12-18,30H,4-11,19-24H2,1-3H3. The van der Waals surface area contributed by atoms with Crippen molar-refractivity contribution < 1.29 is 84.1 Å². The maximum atomic E-state index is 15.6. The van der Waals surface area contributed by atoms with Crippen molar-refractivity contribution in [2.24, 2.45) is 0 Å². The van der Waals surface area contributed by atoms with E-state index in [9.17, 15) is 57.1 Å². The van der Waals surface area contributed by atoms with Crippen LogP contribution in [0.15, 0.2) is 42.5 Å².